The Bertz CT molecular complexity index is 518. The Kier molecular flexibility index (Phi) is 2.49. The highest BCUT2D eigenvalue weighted by Crippen LogP contribution is 2.24. The van der Waals surface area contributed by atoms with Gasteiger partial charge < -0.3 is 0 Å². The molecule has 86 valence electrons. The van der Waals surface area contributed by atoms with Crippen LogP contribution in [0.25, 0.3) is 5.65 Å². The van der Waals surface area contributed by atoms with Crippen LogP contribution in [0.3, 0.4) is 0 Å². The van der Waals surface area contributed by atoms with E-state index in [0.29, 0.717) is 0 Å². The first-order valence-corrected chi connectivity index (χ1v) is 5.82. The lowest BCUT2D eigenvalue weighted by molar-refractivity contribution is -0.522. The van der Waals surface area contributed by atoms with Gasteiger partial charge in [0, 0.05) is 17.1 Å². The molecule has 3 heteroatoms. The lowest BCUT2D eigenvalue weighted by Crippen LogP contribution is -2.28. The van der Waals surface area contributed by atoms with E-state index in [0.717, 1.165) is 12.2 Å². The topological polar surface area (TPSA) is 21.9 Å². The minimum absolute atomic E-state index is 0.144. The molecule has 0 spiro atoms. The minimum Gasteiger partial charge on any atom is -0.201 e. The van der Waals surface area contributed by atoms with E-state index in [1.54, 1.807) is 0 Å². The normalized spacial score (nSPS) is 12.3. The number of rotatable bonds is 1. The van der Waals surface area contributed by atoms with Crippen LogP contribution in [0.4, 0.5) is 0 Å². The number of hydrogen-bond acceptors (Lipinski definition) is 1. The molecule has 0 saturated carbocycles. The van der Waals surface area contributed by atoms with E-state index in [1.807, 2.05) is 11.7 Å². The fourth-order valence-corrected chi connectivity index (χ4v) is 2.13. The average Bonchev–Trinajstić information content (AvgIpc) is 2.54. The molecule has 2 heterocycles. The number of aryl methyl sites for hydroxylation is 2. The van der Waals surface area contributed by atoms with Gasteiger partial charge in [-0.15, -0.1) is 4.68 Å². The van der Waals surface area contributed by atoms with Gasteiger partial charge in [-0.1, -0.05) is 27.7 Å². The second-order valence-electron chi connectivity index (χ2n) is 5.26. The second-order valence-corrected chi connectivity index (χ2v) is 5.26. The Labute approximate surface area is 96.7 Å². The molecule has 0 aromatic carbocycles. The summed E-state index contributed by atoms with van der Waals surface area (Å²) in [4.78, 5) is 0. The molecule has 2 rings (SSSR count). The van der Waals surface area contributed by atoms with Gasteiger partial charge in [-0.05, 0) is 17.5 Å². The highest BCUT2D eigenvalue weighted by Gasteiger charge is 2.25. The van der Waals surface area contributed by atoms with Crippen molar-refractivity contribution in [2.24, 2.45) is 7.05 Å². The number of aromatic nitrogens is 3. The van der Waals surface area contributed by atoms with E-state index in [-0.39, 0.29) is 5.41 Å². The van der Waals surface area contributed by atoms with Gasteiger partial charge in [0.05, 0.1) is 13.2 Å². The lowest BCUT2D eigenvalue weighted by Gasteiger charge is -2.17. The van der Waals surface area contributed by atoms with Crippen molar-refractivity contribution < 1.29 is 4.40 Å². The predicted molar refractivity (Wildman–Crippen MR) is 64.4 cm³/mol. The first-order chi connectivity index (χ1) is 7.45. The summed E-state index contributed by atoms with van der Waals surface area (Å²) in [7, 11) is 2.02. The number of pyridine rings is 1. The second kappa shape index (κ2) is 3.58. The maximum atomic E-state index is 4.56. The Morgan fingerprint density at radius 1 is 1.38 bits per heavy atom. The highest BCUT2D eigenvalue weighted by molar-refractivity contribution is 5.45. The molecule has 0 N–H and O–H groups in total. The summed E-state index contributed by atoms with van der Waals surface area (Å²) in [6, 6.07) is 4.30. The van der Waals surface area contributed by atoms with E-state index < -0.39 is 0 Å². The Hall–Kier alpha value is -1.38. The Balaban J connectivity index is 2.83. The van der Waals surface area contributed by atoms with Crippen LogP contribution in [0.2, 0.25) is 0 Å². The molecule has 0 amide bonds. The molecule has 3 nitrogen and oxygen atoms in total. The highest BCUT2D eigenvalue weighted by atomic mass is 15.3. The standard InChI is InChI=1S/C13H20N3/c1-6-11-14-15(5)12-10(13(2,3)4)8-7-9-16(11)12/h7-9H,6H2,1-5H3/q+1. The quantitative estimate of drug-likeness (QED) is 0.671. The van der Waals surface area contributed by atoms with Gasteiger partial charge in [0.15, 0.2) is 0 Å². The summed E-state index contributed by atoms with van der Waals surface area (Å²) in [5.74, 6) is 1.11. The van der Waals surface area contributed by atoms with Gasteiger partial charge >= 0.3 is 0 Å². The average molecular weight is 218 g/mol. The van der Waals surface area contributed by atoms with E-state index in [4.69, 9.17) is 0 Å². The van der Waals surface area contributed by atoms with Crippen molar-refractivity contribution in [1.29, 1.82) is 0 Å². The largest absolute Gasteiger partial charge is 0.282 e. The molecule has 0 saturated heterocycles. The molecular formula is C13H20N3+. The third kappa shape index (κ3) is 1.60. The first-order valence-electron chi connectivity index (χ1n) is 5.82. The molecule has 0 aliphatic heterocycles. The van der Waals surface area contributed by atoms with Crippen LogP contribution in [-0.2, 0) is 18.9 Å². The Morgan fingerprint density at radius 3 is 2.62 bits per heavy atom. The van der Waals surface area contributed by atoms with Crippen molar-refractivity contribution in [2.45, 2.75) is 39.5 Å². The van der Waals surface area contributed by atoms with E-state index >= 15 is 0 Å². The molecule has 0 bridgehead atoms. The monoisotopic (exact) mass is 218 g/mol. The van der Waals surface area contributed by atoms with Gasteiger partial charge in [0.25, 0.3) is 11.5 Å². The molecule has 0 unspecified atom stereocenters. The van der Waals surface area contributed by atoms with Crippen molar-refractivity contribution in [1.82, 2.24) is 9.78 Å². The van der Waals surface area contributed by atoms with Crippen LogP contribution in [0.1, 0.15) is 39.1 Å². The van der Waals surface area contributed by atoms with Crippen molar-refractivity contribution in [3.05, 3.63) is 29.7 Å². The van der Waals surface area contributed by atoms with Crippen LogP contribution in [0.15, 0.2) is 18.3 Å². The molecule has 2 aromatic heterocycles. The summed E-state index contributed by atoms with van der Waals surface area (Å²) in [6.07, 6.45) is 3.05. The van der Waals surface area contributed by atoms with Gasteiger partial charge in [0.1, 0.15) is 0 Å². The molecule has 2 aromatic rings. The zero-order valence-corrected chi connectivity index (χ0v) is 10.8. The fourth-order valence-electron chi connectivity index (χ4n) is 2.13. The Morgan fingerprint density at radius 2 is 2.06 bits per heavy atom. The van der Waals surface area contributed by atoms with Crippen LogP contribution in [0.5, 0.6) is 0 Å². The molecule has 0 fully saturated rings. The van der Waals surface area contributed by atoms with Crippen molar-refractivity contribution in [3.8, 4) is 0 Å². The fraction of sp³-hybridized carbons (Fsp3) is 0.538. The smallest absolute Gasteiger partial charge is 0.201 e. The maximum absolute atomic E-state index is 4.56. The zero-order valence-electron chi connectivity index (χ0n) is 10.8. The summed E-state index contributed by atoms with van der Waals surface area (Å²) in [6.45, 7) is 8.85. The van der Waals surface area contributed by atoms with Crippen LogP contribution >= 0.6 is 0 Å². The van der Waals surface area contributed by atoms with Gasteiger partial charge in [-0.25, -0.2) is 4.40 Å². The third-order valence-corrected chi connectivity index (χ3v) is 2.94. The molecular weight excluding hydrogens is 198 g/mol. The van der Waals surface area contributed by atoms with E-state index in [1.165, 1.54) is 11.2 Å². The van der Waals surface area contributed by atoms with E-state index in [2.05, 4.69) is 55.5 Å². The van der Waals surface area contributed by atoms with E-state index in [9.17, 15) is 0 Å². The predicted octanol–water partition coefficient (Wildman–Crippen LogP) is 2.02. The molecule has 0 radical (unpaired) electrons. The first kappa shape index (κ1) is 11.1. The molecule has 16 heavy (non-hydrogen) atoms. The number of nitrogens with zero attached hydrogens (tertiary/aromatic N) is 3. The third-order valence-electron chi connectivity index (χ3n) is 2.94. The van der Waals surface area contributed by atoms with Crippen molar-refractivity contribution in [3.63, 3.8) is 0 Å². The summed E-state index contributed by atoms with van der Waals surface area (Å²) < 4.78 is 4.18. The number of hydrogen-bond donors (Lipinski definition) is 0. The van der Waals surface area contributed by atoms with Crippen LogP contribution in [0, 0.1) is 0 Å². The van der Waals surface area contributed by atoms with Gasteiger partial charge in [-0.2, -0.15) is 0 Å². The van der Waals surface area contributed by atoms with Crippen LogP contribution in [-0.4, -0.2) is 9.78 Å². The van der Waals surface area contributed by atoms with Gasteiger partial charge in [0.2, 0.25) is 0 Å². The van der Waals surface area contributed by atoms with Gasteiger partial charge in [-0.3, -0.25) is 0 Å². The maximum Gasteiger partial charge on any atom is 0.282 e. The van der Waals surface area contributed by atoms with Crippen LogP contribution < -0.4 is 4.40 Å². The summed E-state index contributed by atoms with van der Waals surface area (Å²) >= 11 is 0. The summed E-state index contributed by atoms with van der Waals surface area (Å²) in [5.41, 5.74) is 2.68. The summed E-state index contributed by atoms with van der Waals surface area (Å²) in [5, 5.41) is 4.56. The minimum atomic E-state index is 0.144. The molecule has 0 aliphatic carbocycles. The zero-order chi connectivity index (χ0) is 11.9. The molecule has 0 atom stereocenters. The number of fused-ring (bicyclic) bond motifs is 1. The molecule has 0 aliphatic rings. The lowest BCUT2D eigenvalue weighted by atomic mass is 9.88. The SMILES string of the molecule is CCc1nn(C)c2c(C(C)(C)C)ccc[n+]12. The van der Waals surface area contributed by atoms with Crippen molar-refractivity contribution in [2.75, 3.05) is 0 Å². The van der Waals surface area contributed by atoms with Crippen molar-refractivity contribution >= 4 is 5.65 Å².